The molecule has 1 aliphatic rings. The van der Waals surface area contributed by atoms with Gasteiger partial charge in [-0.25, -0.2) is 4.98 Å². The van der Waals surface area contributed by atoms with Crippen LogP contribution in [0.1, 0.15) is 38.6 Å². The summed E-state index contributed by atoms with van der Waals surface area (Å²) in [6.45, 7) is 2.33. The van der Waals surface area contributed by atoms with Gasteiger partial charge in [0.1, 0.15) is 0 Å². The van der Waals surface area contributed by atoms with E-state index in [1.807, 2.05) is 12.1 Å². The van der Waals surface area contributed by atoms with Gasteiger partial charge in [0.15, 0.2) is 0 Å². The maximum atomic E-state index is 6.08. The van der Waals surface area contributed by atoms with Gasteiger partial charge in [0, 0.05) is 6.04 Å². The van der Waals surface area contributed by atoms with Crippen LogP contribution in [-0.2, 0) is 0 Å². The zero-order valence-electron chi connectivity index (χ0n) is 10.3. The van der Waals surface area contributed by atoms with Crippen LogP contribution in [-0.4, -0.2) is 9.55 Å². The third-order valence-corrected chi connectivity index (χ3v) is 3.90. The number of hydrogen-bond acceptors (Lipinski definition) is 2. The van der Waals surface area contributed by atoms with Crippen molar-refractivity contribution in [3.05, 3.63) is 24.3 Å². The van der Waals surface area contributed by atoms with Crippen LogP contribution >= 0.6 is 0 Å². The molecule has 90 valence electrons. The number of fused-ring (bicyclic) bond motifs is 1. The fourth-order valence-corrected chi connectivity index (χ4v) is 3.08. The van der Waals surface area contributed by atoms with Crippen LogP contribution in [0, 0.1) is 5.92 Å². The van der Waals surface area contributed by atoms with Crippen LogP contribution < -0.4 is 5.73 Å². The second-order valence-electron chi connectivity index (χ2n) is 5.25. The van der Waals surface area contributed by atoms with E-state index < -0.39 is 0 Å². The van der Waals surface area contributed by atoms with Gasteiger partial charge in [-0.3, -0.25) is 0 Å². The number of aromatic nitrogens is 2. The van der Waals surface area contributed by atoms with E-state index in [4.69, 9.17) is 5.73 Å². The Hall–Kier alpha value is -1.51. The number of rotatable bonds is 1. The third kappa shape index (κ3) is 1.79. The van der Waals surface area contributed by atoms with E-state index in [2.05, 4.69) is 28.6 Å². The van der Waals surface area contributed by atoms with Gasteiger partial charge in [0.05, 0.1) is 11.0 Å². The van der Waals surface area contributed by atoms with Gasteiger partial charge in [0.2, 0.25) is 5.95 Å². The first-order valence-corrected chi connectivity index (χ1v) is 6.48. The van der Waals surface area contributed by atoms with Crippen LogP contribution in [0.15, 0.2) is 24.3 Å². The molecule has 2 aromatic rings. The minimum Gasteiger partial charge on any atom is -0.369 e. The normalized spacial score (nSPS) is 25.2. The molecule has 0 spiro atoms. The average molecular weight is 229 g/mol. The molecule has 0 amide bonds. The Labute approximate surface area is 102 Å². The summed E-state index contributed by atoms with van der Waals surface area (Å²) in [4.78, 5) is 4.45. The summed E-state index contributed by atoms with van der Waals surface area (Å²) in [5.41, 5.74) is 8.28. The maximum absolute atomic E-state index is 6.08. The molecule has 3 nitrogen and oxygen atoms in total. The van der Waals surface area contributed by atoms with Gasteiger partial charge in [-0.1, -0.05) is 31.9 Å². The lowest BCUT2D eigenvalue weighted by atomic mass is 9.87. The van der Waals surface area contributed by atoms with Crippen LogP contribution in [0.25, 0.3) is 11.0 Å². The minimum atomic E-state index is 0.533. The Kier molecular flexibility index (Phi) is 2.54. The van der Waals surface area contributed by atoms with Crippen LogP contribution in [0.5, 0.6) is 0 Å². The Balaban J connectivity index is 2.06. The zero-order chi connectivity index (χ0) is 11.8. The van der Waals surface area contributed by atoms with Crippen molar-refractivity contribution in [1.29, 1.82) is 0 Å². The van der Waals surface area contributed by atoms with Gasteiger partial charge in [0.25, 0.3) is 0 Å². The Morgan fingerprint density at radius 1 is 1.29 bits per heavy atom. The van der Waals surface area contributed by atoms with Crippen molar-refractivity contribution < 1.29 is 0 Å². The highest BCUT2D eigenvalue weighted by Gasteiger charge is 2.23. The van der Waals surface area contributed by atoms with E-state index in [9.17, 15) is 0 Å². The molecule has 1 aliphatic carbocycles. The molecule has 0 saturated heterocycles. The molecule has 1 saturated carbocycles. The highest BCUT2D eigenvalue weighted by Crippen LogP contribution is 2.35. The van der Waals surface area contributed by atoms with Crippen LogP contribution in [0.4, 0.5) is 5.95 Å². The molecule has 2 N–H and O–H groups in total. The van der Waals surface area contributed by atoms with E-state index in [1.54, 1.807) is 0 Å². The first kappa shape index (κ1) is 10.6. The molecule has 0 aliphatic heterocycles. The number of benzene rings is 1. The van der Waals surface area contributed by atoms with Gasteiger partial charge in [-0.15, -0.1) is 0 Å². The highest BCUT2D eigenvalue weighted by atomic mass is 15.2. The molecule has 1 fully saturated rings. The zero-order valence-corrected chi connectivity index (χ0v) is 10.3. The predicted molar refractivity (Wildman–Crippen MR) is 70.8 cm³/mol. The van der Waals surface area contributed by atoms with Crippen molar-refractivity contribution in [2.45, 2.75) is 38.6 Å². The summed E-state index contributed by atoms with van der Waals surface area (Å²) in [6.07, 6.45) is 5.11. The van der Waals surface area contributed by atoms with E-state index in [0.29, 0.717) is 12.0 Å². The van der Waals surface area contributed by atoms with E-state index in [0.717, 1.165) is 11.4 Å². The van der Waals surface area contributed by atoms with Crippen molar-refractivity contribution >= 4 is 17.0 Å². The second-order valence-corrected chi connectivity index (χ2v) is 5.25. The number of nitrogens with zero attached hydrogens (tertiary/aromatic N) is 2. The second kappa shape index (κ2) is 4.06. The quantitative estimate of drug-likeness (QED) is 0.814. The first-order valence-electron chi connectivity index (χ1n) is 6.48. The minimum absolute atomic E-state index is 0.533. The van der Waals surface area contributed by atoms with E-state index in [-0.39, 0.29) is 0 Å². The lowest BCUT2D eigenvalue weighted by Gasteiger charge is -2.28. The summed E-state index contributed by atoms with van der Waals surface area (Å²) in [7, 11) is 0. The summed E-state index contributed by atoms with van der Waals surface area (Å²) < 4.78 is 2.24. The summed E-state index contributed by atoms with van der Waals surface area (Å²) in [5, 5.41) is 0. The van der Waals surface area contributed by atoms with Gasteiger partial charge >= 0.3 is 0 Å². The monoisotopic (exact) mass is 229 g/mol. The van der Waals surface area contributed by atoms with Gasteiger partial charge < -0.3 is 10.3 Å². The smallest absolute Gasteiger partial charge is 0.201 e. The molecule has 1 aromatic carbocycles. The van der Waals surface area contributed by atoms with Crippen molar-refractivity contribution in [3.63, 3.8) is 0 Å². The molecule has 0 radical (unpaired) electrons. The van der Waals surface area contributed by atoms with Crippen molar-refractivity contribution in [2.75, 3.05) is 5.73 Å². The molecular formula is C14H19N3. The standard InChI is InChI=1S/C14H19N3/c1-10-5-4-6-11(9-10)17-13-8-3-2-7-12(13)16-14(17)15/h2-3,7-8,10-11H,4-6,9H2,1H3,(H2,15,16). The van der Waals surface area contributed by atoms with Crippen molar-refractivity contribution in [3.8, 4) is 0 Å². The summed E-state index contributed by atoms with van der Waals surface area (Å²) >= 11 is 0. The summed E-state index contributed by atoms with van der Waals surface area (Å²) in [6, 6.07) is 8.77. The maximum Gasteiger partial charge on any atom is 0.201 e. The number of anilines is 1. The van der Waals surface area contributed by atoms with E-state index in [1.165, 1.54) is 31.2 Å². The van der Waals surface area contributed by atoms with Crippen molar-refractivity contribution in [1.82, 2.24) is 9.55 Å². The topological polar surface area (TPSA) is 43.8 Å². The van der Waals surface area contributed by atoms with Gasteiger partial charge in [-0.2, -0.15) is 0 Å². The van der Waals surface area contributed by atoms with Gasteiger partial charge in [-0.05, 0) is 30.9 Å². The molecule has 0 bridgehead atoms. The first-order chi connectivity index (χ1) is 8.25. The van der Waals surface area contributed by atoms with Crippen LogP contribution in [0.3, 0.4) is 0 Å². The highest BCUT2D eigenvalue weighted by molar-refractivity contribution is 5.78. The number of para-hydroxylation sites is 2. The third-order valence-electron chi connectivity index (χ3n) is 3.90. The Bertz CT molecular complexity index is 529. The van der Waals surface area contributed by atoms with E-state index >= 15 is 0 Å². The number of nitrogens with two attached hydrogens (primary N) is 1. The number of nitrogen functional groups attached to an aromatic ring is 1. The molecule has 1 aromatic heterocycles. The molecule has 3 rings (SSSR count). The summed E-state index contributed by atoms with van der Waals surface area (Å²) in [5.74, 6) is 1.47. The SMILES string of the molecule is CC1CCCC(n2c(N)nc3ccccc32)C1. The molecule has 1 heterocycles. The Morgan fingerprint density at radius 2 is 2.12 bits per heavy atom. The predicted octanol–water partition coefficient (Wildman–Crippen LogP) is 3.37. The fraction of sp³-hybridized carbons (Fsp3) is 0.500. The lowest BCUT2D eigenvalue weighted by Crippen LogP contribution is -2.19. The number of imidazole rings is 1. The largest absolute Gasteiger partial charge is 0.369 e. The lowest BCUT2D eigenvalue weighted by molar-refractivity contribution is 0.289. The molecule has 3 heteroatoms. The van der Waals surface area contributed by atoms with Crippen molar-refractivity contribution in [2.24, 2.45) is 5.92 Å². The Morgan fingerprint density at radius 3 is 2.94 bits per heavy atom. The average Bonchev–Trinajstić information content (AvgIpc) is 2.64. The molecule has 2 atom stereocenters. The molecule has 2 unspecified atom stereocenters. The fourth-order valence-electron chi connectivity index (χ4n) is 3.08. The molecule has 17 heavy (non-hydrogen) atoms. The van der Waals surface area contributed by atoms with Crippen LogP contribution in [0.2, 0.25) is 0 Å². The molecular weight excluding hydrogens is 210 g/mol. The number of hydrogen-bond donors (Lipinski definition) is 1.